The molecule has 0 amide bonds. The van der Waals surface area contributed by atoms with Crippen molar-refractivity contribution in [1.29, 1.82) is 0 Å². The maximum absolute atomic E-state index is 12.5. The first-order chi connectivity index (χ1) is 32.3. The number of rotatable bonds is 11. The molecule has 2 aromatic heterocycles. The molecule has 3 aromatic carbocycles. The van der Waals surface area contributed by atoms with E-state index in [2.05, 4.69) is 16.8 Å². The van der Waals surface area contributed by atoms with Crippen molar-refractivity contribution in [2.24, 2.45) is 11.5 Å². The van der Waals surface area contributed by atoms with Crippen LogP contribution in [0.5, 0.6) is 28.7 Å². The van der Waals surface area contributed by atoms with E-state index >= 15 is 0 Å². The third-order valence-electron chi connectivity index (χ3n) is 13.3. The molecule has 67 heavy (non-hydrogen) atoms. The van der Waals surface area contributed by atoms with E-state index < -0.39 is 97.8 Å². The van der Waals surface area contributed by atoms with Crippen LogP contribution in [0.1, 0.15) is 64.3 Å². The molecule has 7 heterocycles. The van der Waals surface area contributed by atoms with Gasteiger partial charge in [-0.2, -0.15) is 0 Å². The minimum Gasteiger partial charge on any atom is -0.487 e. The van der Waals surface area contributed by atoms with E-state index in [1.54, 1.807) is 18.3 Å². The molecule has 5 aliphatic heterocycles. The summed E-state index contributed by atoms with van der Waals surface area (Å²) in [5.41, 5.74) is 14.1. The summed E-state index contributed by atoms with van der Waals surface area (Å²) in [6.45, 7) is -1.19. The number of H-pyrrole nitrogens is 1. The second-order valence-electron chi connectivity index (χ2n) is 17.2. The van der Waals surface area contributed by atoms with Crippen LogP contribution in [0, 0.1) is 11.8 Å². The summed E-state index contributed by atoms with van der Waals surface area (Å²) in [5.74, 6) is 3.17. The third kappa shape index (κ3) is 7.58. The molecule has 1 saturated heterocycles. The van der Waals surface area contributed by atoms with Crippen LogP contribution in [0.25, 0.3) is 10.9 Å². The second-order valence-corrected chi connectivity index (χ2v) is 17.2. The van der Waals surface area contributed by atoms with Crippen molar-refractivity contribution in [1.82, 2.24) is 9.55 Å². The number of nitrogens with zero attached hydrogens (tertiary/aromatic N) is 1. The van der Waals surface area contributed by atoms with Gasteiger partial charge in [0, 0.05) is 47.1 Å². The van der Waals surface area contributed by atoms with Crippen LogP contribution in [0.4, 0.5) is 0 Å². The van der Waals surface area contributed by atoms with Gasteiger partial charge >= 0.3 is 11.9 Å². The van der Waals surface area contributed by atoms with Crippen LogP contribution in [0.2, 0.25) is 0 Å². The number of ether oxygens (including phenoxy) is 7. The highest BCUT2D eigenvalue weighted by Gasteiger charge is 2.60. The first-order valence-corrected chi connectivity index (χ1v) is 21.7. The van der Waals surface area contributed by atoms with Gasteiger partial charge in [-0.15, -0.1) is 0 Å². The fourth-order valence-corrected chi connectivity index (χ4v) is 10.2. The maximum Gasteiger partial charge on any atom is 0.317 e. The zero-order valence-electron chi connectivity index (χ0n) is 35.6. The maximum atomic E-state index is 12.5. The van der Waals surface area contributed by atoms with E-state index in [4.69, 9.17) is 44.6 Å². The molecule has 10 rings (SSSR count). The summed E-state index contributed by atoms with van der Waals surface area (Å²) < 4.78 is 45.9. The monoisotopic (exact) mass is 924 g/mol. The largest absolute Gasteiger partial charge is 0.487 e. The van der Waals surface area contributed by atoms with Crippen molar-refractivity contribution in [3.8, 4) is 40.6 Å². The molecule has 0 saturated carbocycles. The first kappa shape index (κ1) is 44.5. The lowest BCUT2D eigenvalue weighted by Crippen LogP contribution is -2.71. The number of aliphatic carboxylic acids is 1. The zero-order valence-corrected chi connectivity index (χ0v) is 35.6. The SMILES string of the molecule is NC(N)[C@H](OC(=O)CC(=O)O)[C@H]1O[C@H]2Oc3cc4c(c(Cn5cc6cc[nH]c6c5CO)c3CC[C@@]2(O)[C@@H](O)[C@@H]1O)[C@@H]1Oc2c3ccc(OCO)c2OC[C@@H](O)C#C[C@H](c2ccccc2)[C@H](O4)[C@@H]31. The number of nitrogens with one attached hydrogen (secondary N) is 1. The Morgan fingerprint density at radius 2 is 1.81 bits per heavy atom. The number of carboxylic acid groups (broad SMARTS) is 1. The van der Waals surface area contributed by atoms with Gasteiger partial charge in [0.05, 0.1) is 35.8 Å². The number of aromatic nitrogens is 2. The van der Waals surface area contributed by atoms with Crippen LogP contribution < -0.4 is 35.2 Å². The molecule has 5 aliphatic rings. The summed E-state index contributed by atoms with van der Waals surface area (Å²) in [6.07, 6.45) is -11.3. The fraction of sp³-hybridized carbons (Fsp3) is 0.404. The Morgan fingerprint density at radius 3 is 2.55 bits per heavy atom. The fourth-order valence-electron chi connectivity index (χ4n) is 10.2. The predicted molar refractivity (Wildman–Crippen MR) is 230 cm³/mol. The number of carboxylic acids is 1. The number of carbonyl (C=O) groups is 2. The van der Waals surface area contributed by atoms with Crippen LogP contribution in [0.3, 0.4) is 0 Å². The van der Waals surface area contributed by atoms with Crippen molar-refractivity contribution in [2.75, 3.05) is 13.4 Å². The molecule has 20 heteroatoms. The standard InChI is InChI=1S/C47H48N4O16/c48-45(49)43(65-33(57)15-32(55)56)42-37(58)44(59)47(60)12-10-25-27(17-51-16-22-11-13-50-36(22)28(51)18-52)34-31(14-30(25)64-46(47)67-42)63-38-24(21-4-2-1-3-5-21)7-6-23(54)19-61-40-29(62-20-53)9-8-26-35(38)41(34)66-39(26)40/h1-5,8-9,11,13-14,16,23-24,35,37-38,41-46,50,52-54,58-60H,10,12,15,17-20,48-49H2,(H,55,56)/t23-,24+,35+,37+,38-,41-,42-,43+,44-,46+,47+/m0/s1. The summed E-state index contributed by atoms with van der Waals surface area (Å²) in [7, 11) is 0. The van der Waals surface area contributed by atoms with Crippen LogP contribution in [0.15, 0.2) is 67.0 Å². The molecular weight excluding hydrogens is 877 g/mol. The van der Waals surface area contributed by atoms with Gasteiger partial charge in [0.15, 0.2) is 30.0 Å². The van der Waals surface area contributed by atoms with Gasteiger partial charge in [0.2, 0.25) is 12.0 Å². The van der Waals surface area contributed by atoms with E-state index in [1.807, 2.05) is 53.2 Å². The molecular formula is C47H48N4O16. The van der Waals surface area contributed by atoms with Crippen molar-refractivity contribution < 1.29 is 78.5 Å². The number of hydrogen-bond acceptors (Lipinski definition) is 17. The summed E-state index contributed by atoms with van der Waals surface area (Å²) >= 11 is 0. The van der Waals surface area contributed by atoms with E-state index in [9.17, 15) is 45.3 Å². The van der Waals surface area contributed by atoms with Crippen LogP contribution in [-0.4, -0.2) is 125 Å². The molecule has 4 bridgehead atoms. The summed E-state index contributed by atoms with van der Waals surface area (Å²) in [5, 5.41) is 77.3. The smallest absolute Gasteiger partial charge is 0.317 e. The van der Waals surface area contributed by atoms with E-state index in [-0.39, 0.29) is 55.6 Å². The summed E-state index contributed by atoms with van der Waals surface area (Å²) in [6, 6.07) is 16.4. The summed E-state index contributed by atoms with van der Waals surface area (Å²) in [4.78, 5) is 27.0. The Balaban J connectivity index is 1.16. The van der Waals surface area contributed by atoms with Gasteiger partial charge in [-0.25, -0.2) is 0 Å². The highest BCUT2D eigenvalue weighted by molar-refractivity contribution is 5.90. The van der Waals surface area contributed by atoms with Crippen molar-refractivity contribution in [3.05, 3.63) is 101 Å². The Labute approximate surface area is 381 Å². The zero-order chi connectivity index (χ0) is 46.9. The van der Waals surface area contributed by atoms with Gasteiger partial charge in [-0.3, -0.25) is 9.59 Å². The molecule has 0 radical (unpaired) electrons. The number of benzene rings is 3. The number of aliphatic hydroxyl groups is 6. The normalized spacial score (nSPS) is 28.3. The second kappa shape index (κ2) is 17.4. The minimum absolute atomic E-state index is 0.0103. The van der Waals surface area contributed by atoms with Crippen molar-refractivity contribution >= 4 is 22.8 Å². The first-order valence-electron chi connectivity index (χ1n) is 21.7. The number of nitrogens with two attached hydrogens (primary N) is 2. The van der Waals surface area contributed by atoms with Gasteiger partial charge in [-0.1, -0.05) is 48.2 Å². The molecule has 1 fully saturated rings. The molecule has 0 spiro atoms. The van der Waals surface area contributed by atoms with Gasteiger partial charge in [-0.05, 0) is 36.1 Å². The van der Waals surface area contributed by atoms with Gasteiger partial charge in [0.25, 0.3) is 0 Å². The van der Waals surface area contributed by atoms with Gasteiger partial charge < -0.3 is 89.9 Å². The Hall–Kier alpha value is -6.38. The Bertz CT molecular complexity index is 2780. The lowest BCUT2D eigenvalue weighted by molar-refractivity contribution is -0.329. The highest BCUT2D eigenvalue weighted by atomic mass is 16.7. The van der Waals surface area contributed by atoms with E-state index in [1.165, 1.54) is 0 Å². The quantitative estimate of drug-likeness (QED) is 0.0373. The topological polar surface area (TPSA) is 313 Å². The number of fused-ring (bicyclic) bond motifs is 5. The molecule has 0 aliphatic carbocycles. The van der Waals surface area contributed by atoms with Crippen LogP contribution >= 0.6 is 0 Å². The Morgan fingerprint density at radius 1 is 1.00 bits per heavy atom. The average Bonchev–Trinajstić information content (AvgIpc) is 3.98. The molecule has 12 N–H and O–H groups in total. The lowest BCUT2D eigenvalue weighted by atomic mass is 9.75. The van der Waals surface area contributed by atoms with E-state index in [0.717, 1.165) is 10.9 Å². The molecule has 0 unspecified atom stereocenters. The van der Waals surface area contributed by atoms with Gasteiger partial charge in [0.1, 0.15) is 61.2 Å². The van der Waals surface area contributed by atoms with Crippen molar-refractivity contribution in [3.63, 3.8) is 0 Å². The van der Waals surface area contributed by atoms with Crippen molar-refractivity contribution in [2.45, 2.75) is 105 Å². The molecule has 11 atom stereocenters. The molecule has 20 nitrogen and oxygen atoms in total. The third-order valence-corrected chi connectivity index (χ3v) is 13.3. The van der Waals surface area contributed by atoms with E-state index in [0.29, 0.717) is 39.2 Å². The number of hydrogen-bond donors (Lipinski definition) is 10. The predicted octanol–water partition coefficient (Wildman–Crippen LogP) is 0.490. The number of esters is 1. The molecule has 352 valence electrons. The lowest BCUT2D eigenvalue weighted by Gasteiger charge is -2.48. The Kier molecular flexibility index (Phi) is 11.5. The van der Waals surface area contributed by atoms with Crippen LogP contribution in [-0.2, 0) is 38.6 Å². The number of carbonyl (C=O) groups excluding carboxylic acids is 1. The number of aliphatic hydroxyl groups excluding tert-OH is 5. The minimum atomic E-state index is -2.31. The average molecular weight is 925 g/mol. The molecule has 5 aromatic rings. The number of aromatic amines is 1. The highest BCUT2D eigenvalue weighted by Crippen LogP contribution is 2.62.